The van der Waals surface area contributed by atoms with E-state index in [1.54, 1.807) is 12.1 Å². The van der Waals surface area contributed by atoms with Gasteiger partial charge < -0.3 is 9.84 Å². The Morgan fingerprint density at radius 1 is 1.54 bits per heavy atom. The zero-order valence-corrected chi connectivity index (χ0v) is 7.58. The minimum absolute atomic E-state index is 0.164. The number of phenols is 1. The van der Waals surface area contributed by atoms with Gasteiger partial charge in [-0.1, -0.05) is 6.07 Å². The molecule has 2 nitrogen and oxygen atoms in total. The van der Waals surface area contributed by atoms with E-state index in [1.807, 2.05) is 6.07 Å². The van der Waals surface area contributed by atoms with Crippen molar-refractivity contribution < 1.29 is 9.84 Å². The highest BCUT2D eigenvalue weighted by atomic mass is 16.5. The molecule has 0 saturated carbocycles. The Morgan fingerprint density at radius 2 is 2.31 bits per heavy atom. The highest BCUT2D eigenvalue weighted by Crippen LogP contribution is 2.26. The number of ether oxygens (including phenoxy) is 1. The maximum absolute atomic E-state index is 9.41. The Labute approximate surface area is 78.2 Å². The molecule has 13 heavy (non-hydrogen) atoms. The van der Waals surface area contributed by atoms with Crippen LogP contribution < -0.4 is 4.74 Å². The minimum atomic E-state index is 0.164. The van der Waals surface area contributed by atoms with Gasteiger partial charge in [-0.2, -0.15) is 0 Å². The molecule has 1 aromatic carbocycles. The van der Waals surface area contributed by atoms with Crippen molar-refractivity contribution in [2.24, 2.45) is 0 Å². The Kier molecular flexibility index (Phi) is 3.22. The van der Waals surface area contributed by atoms with Gasteiger partial charge in [-0.05, 0) is 24.1 Å². The van der Waals surface area contributed by atoms with Crippen molar-refractivity contribution >= 4 is 0 Å². The fourth-order valence-electron chi connectivity index (χ4n) is 1.11. The number of rotatable bonds is 3. The van der Waals surface area contributed by atoms with Crippen molar-refractivity contribution in [2.75, 3.05) is 7.11 Å². The minimum Gasteiger partial charge on any atom is -0.504 e. The van der Waals surface area contributed by atoms with Gasteiger partial charge in [0.1, 0.15) is 0 Å². The Morgan fingerprint density at radius 3 is 2.85 bits per heavy atom. The standard InChI is InChI=1S/C11H12O2/c1-3-4-5-9-6-7-11(13-2)10(12)8-9/h1,6-8,12H,4-5H2,2H3. The lowest BCUT2D eigenvalue weighted by molar-refractivity contribution is 0.373. The Balaban J connectivity index is 2.78. The number of hydrogen-bond acceptors (Lipinski definition) is 2. The molecule has 0 spiro atoms. The molecule has 0 aliphatic heterocycles. The molecule has 1 rings (SSSR count). The first-order chi connectivity index (χ1) is 6.27. The predicted octanol–water partition coefficient (Wildman–Crippen LogP) is 1.97. The third-order valence-electron chi connectivity index (χ3n) is 1.80. The van der Waals surface area contributed by atoms with Gasteiger partial charge in [-0.15, -0.1) is 12.3 Å². The third kappa shape index (κ3) is 2.41. The van der Waals surface area contributed by atoms with Crippen molar-refractivity contribution in [3.63, 3.8) is 0 Å². The van der Waals surface area contributed by atoms with Crippen LogP contribution in [0.4, 0.5) is 0 Å². The fourth-order valence-corrected chi connectivity index (χ4v) is 1.11. The van der Waals surface area contributed by atoms with E-state index in [1.165, 1.54) is 7.11 Å². The number of phenolic OH excluding ortho intramolecular Hbond substituents is 1. The maximum atomic E-state index is 9.41. The van der Waals surface area contributed by atoms with E-state index in [0.29, 0.717) is 12.2 Å². The molecule has 1 N–H and O–H groups in total. The molecule has 0 amide bonds. The van der Waals surface area contributed by atoms with Crippen molar-refractivity contribution in [3.8, 4) is 23.8 Å². The molecular weight excluding hydrogens is 164 g/mol. The SMILES string of the molecule is C#CCCc1ccc(OC)c(O)c1. The summed E-state index contributed by atoms with van der Waals surface area (Å²) >= 11 is 0. The second-order valence-corrected chi connectivity index (χ2v) is 2.71. The summed E-state index contributed by atoms with van der Waals surface area (Å²) in [5.74, 6) is 3.21. The predicted molar refractivity (Wildman–Crippen MR) is 51.8 cm³/mol. The fraction of sp³-hybridized carbons (Fsp3) is 0.273. The largest absolute Gasteiger partial charge is 0.504 e. The van der Waals surface area contributed by atoms with Crippen LogP contribution in [0.25, 0.3) is 0 Å². The van der Waals surface area contributed by atoms with Crippen molar-refractivity contribution in [1.29, 1.82) is 0 Å². The van der Waals surface area contributed by atoms with Gasteiger partial charge >= 0.3 is 0 Å². The van der Waals surface area contributed by atoms with Crippen LogP contribution in [0.2, 0.25) is 0 Å². The van der Waals surface area contributed by atoms with E-state index < -0.39 is 0 Å². The Hall–Kier alpha value is -1.62. The summed E-state index contributed by atoms with van der Waals surface area (Å²) in [6, 6.07) is 5.31. The van der Waals surface area contributed by atoms with Crippen LogP contribution in [-0.2, 0) is 6.42 Å². The Bertz CT molecular complexity index is 323. The van der Waals surface area contributed by atoms with Crippen LogP contribution in [0.15, 0.2) is 18.2 Å². The third-order valence-corrected chi connectivity index (χ3v) is 1.80. The number of aromatic hydroxyl groups is 1. The second kappa shape index (κ2) is 4.42. The molecular formula is C11H12O2. The van der Waals surface area contributed by atoms with Crippen LogP contribution in [0, 0.1) is 12.3 Å². The van der Waals surface area contributed by atoms with Gasteiger partial charge in [-0.3, -0.25) is 0 Å². The summed E-state index contributed by atoms with van der Waals surface area (Å²) in [6.45, 7) is 0. The molecule has 0 fully saturated rings. The van der Waals surface area contributed by atoms with Gasteiger partial charge in [0.2, 0.25) is 0 Å². The zero-order valence-electron chi connectivity index (χ0n) is 7.58. The number of aryl methyl sites for hydroxylation is 1. The monoisotopic (exact) mass is 176 g/mol. The van der Waals surface area contributed by atoms with Crippen LogP contribution in [0.1, 0.15) is 12.0 Å². The van der Waals surface area contributed by atoms with Crippen LogP contribution >= 0.6 is 0 Å². The molecule has 68 valence electrons. The molecule has 1 aromatic rings. The average Bonchev–Trinajstić information content (AvgIpc) is 2.15. The molecule has 0 aliphatic carbocycles. The first-order valence-corrected chi connectivity index (χ1v) is 4.07. The lowest BCUT2D eigenvalue weighted by Crippen LogP contribution is -1.87. The number of methoxy groups -OCH3 is 1. The quantitative estimate of drug-likeness (QED) is 0.713. The first-order valence-electron chi connectivity index (χ1n) is 4.07. The first kappa shape index (κ1) is 9.47. The molecule has 0 radical (unpaired) electrons. The molecule has 0 saturated heterocycles. The summed E-state index contributed by atoms with van der Waals surface area (Å²) in [6.07, 6.45) is 6.61. The average molecular weight is 176 g/mol. The summed E-state index contributed by atoms with van der Waals surface area (Å²) < 4.78 is 4.91. The van der Waals surface area contributed by atoms with E-state index >= 15 is 0 Å². The normalized spacial score (nSPS) is 9.23. The number of terminal acetylenes is 1. The number of benzene rings is 1. The van der Waals surface area contributed by atoms with Gasteiger partial charge in [0, 0.05) is 6.42 Å². The summed E-state index contributed by atoms with van der Waals surface area (Å²) in [7, 11) is 1.52. The molecule has 0 atom stereocenters. The van der Waals surface area contributed by atoms with E-state index in [-0.39, 0.29) is 5.75 Å². The van der Waals surface area contributed by atoms with Gasteiger partial charge in [0.15, 0.2) is 11.5 Å². The molecule has 2 heteroatoms. The van der Waals surface area contributed by atoms with Crippen LogP contribution in [-0.4, -0.2) is 12.2 Å². The van der Waals surface area contributed by atoms with Crippen molar-refractivity contribution in [1.82, 2.24) is 0 Å². The molecule has 0 bridgehead atoms. The highest BCUT2D eigenvalue weighted by molar-refractivity contribution is 5.41. The van der Waals surface area contributed by atoms with Gasteiger partial charge in [0.05, 0.1) is 7.11 Å². The second-order valence-electron chi connectivity index (χ2n) is 2.71. The van der Waals surface area contributed by atoms with E-state index in [0.717, 1.165) is 12.0 Å². The van der Waals surface area contributed by atoms with Crippen LogP contribution in [0.5, 0.6) is 11.5 Å². The van der Waals surface area contributed by atoms with E-state index in [2.05, 4.69) is 5.92 Å². The van der Waals surface area contributed by atoms with Crippen molar-refractivity contribution in [2.45, 2.75) is 12.8 Å². The molecule has 0 heterocycles. The van der Waals surface area contributed by atoms with Crippen LogP contribution in [0.3, 0.4) is 0 Å². The topological polar surface area (TPSA) is 29.5 Å². The molecule has 0 unspecified atom stereocenters. The van der Waals surface area contributed by atoms with E-state index in [4.69, 9.17) is 11.2 Å². The maximum Gasteiger partial charge on any atom is 0.160 e. The molecule has 0 aromatic heterocycles. The lowest BCUT2D eigenvalue weighted by Gasteiger charge is -2.04. The van der Waals surface area contributed by atoms with E-state index in [9.17, 15) is 5.11 Å². The zero-order chi connectivity index (χ0) is 9.68. The lowest BCUT2D eigenvalue weighted by atomic mass is 10.1. The summed E-state index contributed by atoms with van der Waals surface area (Å²) in [5.41, 5.74) is 1.02. The summed E-state index contributed by atoms with van der Waals surface area (Å²) in [4.78, 5) is 0. The van der Waals surface area contributed by atoms with Gasteiger partial charge in [-0.25, -0.2) is 0 Å². The number of hydrogen-bond donors (Lipinski definition) is 1. The van der Waals surface area contributed by atoms with Crippen molar-refractivity contribution in [3.05, 3.63) is 23.8 Å². The molecule has 0 aliphatic rings. The smallest absolute Gasteiger partial charge is 0.160 e. The van der Waals surface area contributed by atoms with Gasteiger partial charge in [0.25, 0.3) is 0 Å². The highest BCUT2D eigenvalue weighted by Gasteiger charge is 2.01. The summed E-state index contributed by atoms with van der Waals surface area (Å²) in [5, 5.41) is 9.41.